The zero-order chi connectivity index (χ0) is 42.5. The van der Waals surface area contributed by atoms with Gasteiger partial charge in [-0.2, -0.15) is 0 Å². The summed E-state index contributed by atoms with van der Waals surface area (Å²) in [6, 6.07) is 75.2. The van der Waals surface area contributed by atoms with Crippen LogP contribution in [0.15, 0.2) is 212 Å². The molecule has 0 aliphatic heterocycles. The molecule has 0 saturated heterocycles. The van der Waals surface area contributed by atoms with Gasteiger partial charge in [0.05, 0.1) is 34.0 Å². The lowest BCUT2D eigenvalue weighted by atomic mass is 9.80. The Labute approximate surface area is 371 Å². The summed E-state index contributed by atoms with van der Waals surface area (Å²) in [6.07, 6.45) is 1.92. The van der Waals surface area contributed by atoms with E-state index in [0.29, 0.717) is 0 Å². The molecule has 1 aliphatic carbocycles. The van der Waals surface area contributed by atoms with E-state index in [4.69, 9.17) is 9.97 Å². The zero-order valence-corrected chi connectivity index (χ0v) is 35.5. The van der Waals surface area contributed by atoms with E-state index in [1.54, 1.807) is 0 Å². The molecule has 0 unspecified atom stereocenters. The van der Waals surface area contributed by atoms with Gasteiger partial charge in [-0.05, 0) is 115 Å². The third kappa shape index (κ3) is 5.54. The van der Waals surface area contributed by atoms with Gasteiger partial charge in [0.25, 0.3) is 0 Å². The number of rotatable bonds is 5. The Morgan fingerprint density at radius 2 is 0.859 bits per heavy atom. The van der Waals surface area contributed by atoms with Gasteiger partial charge in [0.1, 0.15) is 0 Å². The van der Waals surface area contributed by atoms with Crippen LogP contribution in [0.4, 0.5) is 0 Å². The average Bonchev–Trinajstić information content (AvgIpc) is 3.81. The molecular weight excluding hydrogens is 775 g/mol. The highest BCUT2D eigenvalue weighted by Gasteiger charge is 2.36. The molecule has 3 heteroatoms. The maximum atomic E-state index is 5.23. The molecule has 0 N–H and O–H groups in total. The molecule has 0 spiro atoms. The predicted octanol–water partition coefficient (Wildman–Crippen LogP) is 16.0. The van der Waals surface area contributed by atoms with Crippen molar-refractivity contribution in [1.29, 1.82) is 0 Å². The molecule has 2 aromatic heterocycles. The topological polar surface area (TPSA) is 30.7 Å². The standard InChI is InChI=1S/C61H41N3/c1-61(2)54-35-43(38-23-25-39(26-24-38)56-37-62-59-51-20-8-6-17-46(51)47-18-7-9-21-52(47)60(59)63-56)27-30-48(54)49-31-28-44(36-55(49)61)41-14-12-13-40(33-41)42-29-32-58-53(34-42)50-19-10-11-22-57(50)64(58)45-15-4-3-5-16-45/h3-37H,1-2H3. The molecule has 13 rings (SSSR count). The summed E-state index contributed by atoms with van der Waals surface area (Å²) in [5, 5.41) is 7.19. The van der Waals surface area contributed by atoms with E-state index in [0.717, 1.165) is 33.1 Å². The van der Waals surface area contributed by atoms with Crippen LogP contribution in [0.2, 0.25) is 0 Å². The normalized spacial score (nSPS) is 13.0. The molecule has 0 fully saturated rings. The smallest absolute Gasteiger partial charge is 0.0979 e. The first-order chi connectivity index (χ1) is 31.5. The minimum Gasteiger partial charge on any atom is -0.309 e. The highest BCUT2D eigenvalue weighted by molar-refractivity contribution is 6.23. The van der Waals surface area contributed by atoms with Crippen molar-refractivity contribution in [3.63, 3.8) is 0 Å². The Hall–Kier alpha value is -8.14. The van der Waals surface area contributed by atoms with E-state index < -0.39 is 0 Å². The lowest BCUT2D eigenvalue weighted by molar-refractivity contribution is 0.661. The van der Waals surface area contributed by atoms with Crippen molar-refractivity contribution >= 4 is 54.4 Å². The number of fused-ring (bicyclic) bond motifs is 12. The number of para-hydroxylation sites is 2. The predicted molar refractivity (Wildman–Crippen MR) is 268 cm³/mol. The minimum absolute atomic E-state index is 0.167. The second kappa shape index (κ2) is 13.9. The molecular formula is C61H41N3. The van der Waals surface area contributed by atoms with Gasteiger partial charge >= 0.3 is 0 Å². The summed E-state index contributed by atoms with van der Waals surface area (Å²) < 4.78 is 2.37. The van der Waals surface area contributed by atoms with Crippen LogP contribution in [-0.4, -0.2) is 14.5 Å². The van der Waals surface area contributed by atoms with E-state index >= 15 is 0 Å². The fourth-order valence-corrected chi connectivity index (χ4v) is 10.6. The van der Waals surface area contributed by atoms with Crippen LogP contribution in [0.5, 0.6) is 0 Å². The van der Waals surface area contributed by atoms with E-state index in [1.165, 1.54) is 93.9 Å². The van der Waals surface area contributed by atoms with Gasteiger partial charge in [0.15, 0.2) is 0 Å². The molecule has 3 nitrogen and oxygen atoms in total. The molecule has 10 aromatic carbocycles. The lowest BCUT2D eigenvalue weighted by Gasteiger charge is -2.23. The molecule has 0 atom stereocenters. The Balaban J connectivity index is 0.810. The second-order valence-electron chi connectivity index (χ2n) is 17.8. The first kappa shape index (κ1) is 36.5. The first-order valence-corrected chi connectivity index (χ1v) is 22.1. The summed E-state index contributed by atoms with van der Waals surface area (Å²) in [5.74, 6) is 0. The second-order valence-corrected chi connectivity index (χ2v) is 17.8. The van der Waals surface area contributed by atoms with Crippen LogP contribution < -0.4 is 0 Å². The van der Waals surface area contributed by atoms with Gasteiger partial charge in [0.2, 0.25) is 0 Å². The first-order valence-electron chi connectivity index (χ1n) is 22.1. The Morgan fingerprint density at radius 3 is 1.55 bits per heavy atom. The van der Waals surface area contributed by atoms with Crippen LogP contribution >= 0.6 is 0 Å². The van der Waals surface area contributed by atoms with Crippen LogP contribution in [0.25, 0.3) is 116 Å². The third-order valence-electron chi connectivity index (χ3n) is 13.8. The largest absolute Gasteiger partial charge is 0.309 e. The number of benzene rings is 10. The average molecular weight is 816 g/mol. The van der Waals surface area contributed by atoms with Crippen molar-refractivity contribution in [2.75, 3.05) is 0 Å². The van der Waals surface area contributed by atoms with Gasteiger partial charge in [-0.15, -0.1) is 0 Å². The number of aromatic nitrogens is 3. The van der Waals surface area contributed by atoms with Gasteiger partial charge in [-0.25, -0.2) is 4.98 Å². The molecule has 0 bridgehead atoms. The third-order valence-corrected chi connectivity index (χ3v) is 13.8. The van der Waals surface area contributed by atoms with Gasteiger partial charge in [-0.3, -0.25) is 4.98 Å². The fourth-order valence-electron chi connectivity index (χ4n) is 10.6. The Morgan fingerprint density at radius 1 is 0.359 bits per heavy atom. The quantitative estimate of drug-likeness (QED) is 0.162. The summed E-state index contributed by atoms with van der Waals surface area (Å²) in [5.41, 5.74) is 19.9. The Kier molecular flexibility index (Phi) is 7.95. The molecule has 0 radical (unpaired) electrons. The van der Waals surface area contributed by atoms with Crippen molar-refractivity contribution in [2.45, 2.75) is 19.3 Å². The van der Waals surface area contributed by atoms with Gasteiger partial charge in [0, 0.05) is 38.2 Å². The summed E-state index contributed by atoms with van der Waals surface area (Å²) in [7, 11) is 0. The molecule has 1 aliphatic rings. The van der Waals surface area contributed by atoms with Crippen LogP contribution in [0, 0.1) is 0 Å². The minimum atomic E-state index is -0.167. The molecule has 0 amide bonds. The molecule has 12 aromatic rings. The van der Waals surface area contributed by atoms with E-state index in [1.807, 2.05) is 6.20 Å². The SMILES string of the molecule is CC1(C)c2cc(-c3ccc(-c4cnc5c6ccccc6c6ccccc6c5n4)cc3)ccc2-c2ccc(-c3cccc(-c4ccc5c(c4)c4ccccc4n5-c4ccccc4)c3)cc21. The maximum absolute atomic E-state index is 5.23. The zero-order valence-electron chi connectivity index (χ0n) is 35.5. The van der Waals surface area contributed by atoms with Crippen molar-refractivity contribution in [2.24, 2.45) is 0 Å². The summed E-state index contributed by atoms with van der Waals surface area (Å²) >= 11 is 0. The molecule has 300 valence electrons. The van der Waals surface area contributed by atoms with E-state index in [-0.39, 0.29) is 5.41 Å². The van der Waals surface area contributed by atoms with Crippen LogP contribution in [0.3, 0.4) is 0 Å². The van der Waals surface area contributed by atoms with Crippen LogP contribution in [-0.2, 0) is 5.41 Å². The van der Waals surface area contributed by atoms with Crippen molar-refractivity contribution < 1.29 is 0 Å². The van der Waals surface area contributed by atoms with Crippen LogP contribution in [0.1, 0.15) is 25.0 Å². The fraction of sp³-hybridized carbons (Fsp3) is 0.0492. The summed E-state index contributed by atoms with van der Waals surface area (Å²) in [4.78, 5) is 10.2. The monoisotopic (exact) mass is 815 g/mol. The lowest BCUT2D eigenvalue weighted by Crippen LogP contribution is -2.15. The molecule has 64 heavy (non-hydrogen) atoms. The number of nitrogens with zero attached hydrogens (tertiary/aromatic N) is 3. The number of hydrogen-bond donors (Lipinski definition) is 0. The van der Waals surface area contributed by atoms with Crippen molar-refractivity contribution in [3.05, 3.63) is 224 Å². The van der Waals surface area contributed by atoms with Gasteiger partial charge < -0.3 is 4.57 Å². The van der Waals surface area contributed by atoms with Gasteiger partial charge in [-0.1, -0.05) is 172 Å². The van der Waals surface area contributed by atoms with Crippen molar-refractivity contribution in [3.8, 4) is 61.5 Å². The molecule has 0 saturated carbocycles. The highest BCUT2D eigenvalue weighted by atomic mass is 15.0. The maximum Gasteiger partial charge on any atom is 0.0979 e. The summed E-state index contributed by atoms with van der Waals surface area (Å²) in [6.45, 7) is 4.74. The van der Waals surface area contributed by atoms with E-state index in [9.17, 15) is 0 Å². The number of hydrogen-bond acceptors (Lipinski definition) is 2. The van der Waals surface area contributed by atoms with Crippen molar-refractivity contribution in [1.82, 2.24) is 14.5 Å². The Bertz CT molecular complexity index is 3820. The molecule has 2 heterocycles. The van der Waals surface area contributed by atoms with E-state index in [2.05, 4.69) is 225 Å². The highest BCUT2D eigenvalue weighted by Crippen LogP contribution is 2.51.